The number of aryl methyl sites for hydroxylation is 1. The van der Waals surface area contributed by atoms with E-state index in [2.05, 4.69) is 68.6 Å². The van der Waals surface area contributed by atoms with Crippen LogP contribution in [-0.4, -0.2) is 0 Å². The average Bonchev–Trinajstić information content (AvgIpc) is 2.70. The second-order valence-corrected chi connectivity index (χ2v) is 5.15. The molecule has 0 radical (unpaired) electrons. The third kappa shape index (κ3) is 6.04. The minimum Gasteiger partial charge on any atom is -0.0991 e. The molecule has 2 rings (SSSR count). The van der Waals surface area contributed by atoms with E-state index in [-0.39, 0.29) is 0 Å². The van der Waals surface area contributed by atoms with Gasteiger partial charge in [-0.3, -0.25) is 0 Å². The van der Waals surface area contributed by atoms with Crippen LogP contribution in [-0.2, 0) is 0 Å². The Kier molecular flexibility index (Phi) is 12.3. The summed E-state index contributed by atoms with van der Waals surface area (Å²) in [7, 11) is 0. The minimum absolute atomic E-state index is 1.13. The lowest BCUT2D eigenvalue weighted by molar-refractivity contribution is 1.45. The van der Waals surface area contributed by atoms with Crippen LogP contribution in [0.1, 0.15) is 51.3 Å². The Bertz CT molecular complexity index is 783. The van der Waals surface area contributed by atoms with Crippen molar-refractivity contribution in [3.8, 4) is 0 Å². The number of benzene rings is 2. The lowest BCUT2D eigenvalue weighted by Crippen LogP contribution is -1.93. The Labute approximate surface area is 161 Å². The fraction of sp³-hybridized carbons (Fsp3) is 0.231. The predicted molar refractivity (Wildman–Crippen MR) is 124 cm³/mol. The zero-order chi connectivity index (χ0) is 19.9. The third-order valence-electron chi connectivity index (χ3n) is 3.67. The summed E-state index contributed by atoms with van der Waals surface area (Å²) in [5.74, 6) is 0. The summed E-state index contributed by atoms with van der Waals surface area (Å²) >= 11 is 0. The minimum atomic E-state index is 1.13. The molecule has 0 spiro atoms. The SMILES string of the molecule is C=C/C=C\c1c(C)cc2ccccc2c1/C(C=C)=C/C=C\C.CC.CC. The molecule has 0 heterocycles. The normalized spacial score (nSPS) is 10.9. The van der Waals surface area contributed by atoms with Gasteiger partial charge in [-0.2, -0.15) is 0 Å². The molecule has 2 aromatic rings. The lowest BCUT2D eigenvalue weighted by Gasteiger charge is -2.15. The molecule has 0 aromatic heterocycles. The zero-order valence-electron chi connectivity index (χ0n) is 17.3. The summed E-state index contributed by atoms with van der Waals surface area (Å²) in [6.45, 7) is 19.9. The van der Waals surface area contributed by atoms with Crippen molar-refractivity contribution in [3.63, 3.8) is 0 Å². The van der Waals surface area contributed by atoms with E-state index >= 15 is 0 Å². The molecule has 2 aromatic carbocycles. The molecule has 0 N–H and O–H groups in total. The molecule has 0 aliphatic heterocycles. The first-order valence-electron chi connectivity index (χ1n) is 9.50. The molecule has 26 heavy (non-hydrogen) atoms. The van der Waals surface area contributed by atoms with Crippen LogP contribution in [0, 0.1) is 6.92 Å². The van der Waals surface area contributed by atoms with Crippen molar-refractivity contribution in [1.29, 1.82) is 0 Å². The summed E-state index contributed by atoms with van der Waals surface area (Å²) in [6.07, 6.45) is 14.0. The smallest absolute Gasteiger partial charge is 0.00304 e. The predicted octanol–water partition coefficient (Wildman–Crippen LogP) is 8.55. The standard InChI is InChI=1S/C22H22.2C2H6/c1-5-8-12-18(7-3)22-20(14-9-6-2)17(4)16-19-13-10-11-15-21(19)22;2*1-2/h5-16H,2-3H2,1,4H3;2*1-2H3/b8-5-,14-9-,18-12+;;. The molecule has 138 valence electrons. The first kappa shape index (κ1) is 23.4. The summed E-state index contributed by atoms with van der Waals surface area (Å²) in [4.78, 5) is 0. The molecule has 0 aliphatic carbocycles. The quantitative estimate of drug-likeness (QED) is 0.476. The van der Waals surface area contributed by atoms with Gasteiger partial charge in [-0.05, 0) is 46.9 Å². The number of allylic oxidation sites excluding steroid dienone is 7. The Morgan fingerprint density at radius 2 is 1.62 bits per heavy atom. The van der Waals surface area contributed by atoms with E-state index in [0.29, 0.717) is 0 Å². The van der Waals surface area contributed by atoms with Crippen molar-refractivity contribution in [2.24, 2.45) is 0 Å². The monoisotopic (exact) mass is 346 g/mol. The van der Waals surface area contributed by atoms with Crippen molar-refractivity contribution >= 4 is 22.4 Å². The highest BCUT2D eigenvalue weighted by atomic mass is 14.1. The fourth-order valence-corrected chi connectivity index (χ4v) is 2.65. The molecule has 0 heteroatoms. The molecule has 0 atom stereocenters. The molecule has 0 amide bonds. The van der Waals surface area contributed by atoms with Crippen LogP contribution < -0.4 is 0 Å². The van der Waals surface area contributed by atoms with Crippen molar-refractivity contribution in [1.82, 2.24) is 0 Å². The molecule has 0 unspecified atom stereocenters. The Hall–Kier alpha value is -2.60. The fourth-order valence-electron chi connectivity index (χ4n) is 2.65. The Morgan fingerprint density at radius 3 is 2.19 bits per heavy atom. The van der Waals surface area contributed by atoms with Crippen LogP contribution >= 0.6 is 0 Å². The second kappa shape index (κ2) is 13.7. The van der Waals surface area contributed by atoms with Gasteiger partial charge >= 0.3 is 0 Å². The number of hydrogen-bond acceptors (Lipinski definition) is 0. The highest BCUT2D eigenvalue weighted by molar-refractivity contribution is 6.00. The van der Waals surface area contributed by atoms with E-state index in [1.165, 1.54) is 27.5 Å². The molecule has 0 bridgehead atoms. The zero-order valence-corrected chi connectivity index (χ0v) is 17.3. The van der Waals surface area contributed by atoms with Gasteiger partial charge in [0.25, 0.3) is 0 Å². The van der Waals surface area contributed by atoms with E-state index in [4.69, 9.17) is 0 Å². The van der Waals surface area contributed by atoms with Crippen molar-refractivity contribution in [3.05, 3.63) is 96.6 Å². The van der Waals surface area contributed by atoms with Gasteiger partial charge in [-0.25, -0.2) is 0 Å². The molecule has 0 saturated heterocycles. The molecule has 0 saturated carbocycles. The van der Waals surface area contributed by atoms with E-state index in [1.807, 2.05) is 58.9 Å². The van der Waals surface area contributed by atoms with Gasteiger partial charge in [0.2, 0.25) is 0 Å². The van der Waals surface area contributed by atoms with Crippen LogP contribution in [0.15, 0.2) is 79.9 Å². The molecule has 0 nitrogen and oxygen atoms in total. The van der Waals surface area contributed by atoms with Gasteiger partial charge in [0.05, 0.1) is 0 Å². The van der Waals surface area contributed by atoms with Crippen molar-refractivity contribution < 1.29 is 0 Å². The number of rotatable bonds is 5. The first-order valence-corrected chi connectivity index (χ1v) is 9.50. The van der Waals surface area contributed by atoms with E-state index < -0.39 is 0 Å². The summed E-state index contributed by atoms with van der Waals surface area (Å²) < 4.78 is 0. The Morgan fingerprint density at radius 1 is 0.962 bits per heavy atom. The van der Waals surface area contributed by atoms with Gasteiger partial charge in [-0.1, -0.05) is 114 Å². The molecular formula is C26H34. The maximum absolute atomic E-state index is 4.00. The molecule has 0 aliphatic rings. The second-order valence-electron chi connectivity index (χ2n) is 5.15. The van der Waals surface area contributed by atoms with Crippen molar-refractivity contribution in [2.45, 2.75) is 41.5 Å². The maximum Gasteiger partial charge on any atom is -0.00304 e. The molecular weight excluding hydrogens is 312 g/mol. The van der Waals surface area contributed by atoms with Gasteiger partial charge in [0.15, 0.2) is 0 Å². The third-order valence-corrected chi connectivity index (χ3v) is 3.67. The lowest BCUT2D eigenvalue weighted by atomic mass is 9.89. The van der Waals surface area contributed by atoms with E-state index in [9.17, 15) is 0 Å². The van der Waals surface area contributed by atoms with Gasteiger partial charge in [0, 0.05) is 0 Å². The van der Waals surface area contributed by atoms with Crippen LogP contribution in [0.4, 0.5) is 0 Å². The van der Waals surface area contributed by atoms with Gasteiger partial charge in [0.1, 0.15) is 0 Å². The van der Waals surface area contributed by atoms with Crippen molar-refractivity contribution in [2.75, 3.05) is 0 Å². The Balaban J connectivity index is 0.00000146. The highest BCUT2D eigenvalue weighted by Gasteiger charge is 2.11. The van der Waals surface area contributed by atoms with Crippen LogP contribution in [0.5, 0.6) is 0 Å². The highest BCUT2D eigenvalue weighted by Crippen LogP contribution is 2.33. The van der Waals surface area contributed by atoms with Gasteiger partial charge < -0.3 is 0 Å². The van der Waals surface area contributed by atoms with E-state index in [0.717, 1.165) is 5.57 Å². The molecule has 0 fully saturated rings. The average molecular weight is 347 g/mol. The van der Waals surface area contributed by atoms with Crippen LogP contribution in [0.3, 0.4) is 0 Å². The summed E-state index contributed by atoms with van der Waals surface area (Å²) in [6, 6.07) is 10.7. The van der Waals surface area contributed by atoms with Crippen LogP contribution in [0.2, 0.25) is 0 Å². The summed E-state index contributed by atoms with van der Waals surface area (Å²) in [5, 5.41) is 2.49. The maximum atomic E-state index is 4.00. The number of hydrogen-bond donors (Lipinski definition) is 0. The van der Waals surface area contributed by atoms with Gasteiger partial charge in [-0.15, -0.1) is 0 Å². The number of fused-ring (bicyclic) bond motifs is 1. The summed E-state index contributed by atoms with van der Waals surface area (Å²) in [5.41, 5.74) is 4.82. The largest absolute Gasteiger partial charge is 0.0991 e. The first-order chi connectivity index (χ1) is 12.7. The topological polar surface area (TPSA) is 0 Å². The van der Waals surface area contributed by atoms with E-state index in [1.54, 1.807) is 0 Å². The van der Waals surface area contributed by atoms with Crippen LogP contribution in [0.25, 0.3) is 22.4 Å².